The second kappa shape index (κ2) is 10.2. The van der Waals surface area contributed by atoms with Crippen molar-refractivity contribution in [1.29, 1.82) is 0 Å². The quantitative estimate of drug-likeness (QED) is 0.227. The summed E-state index contributed by atoms with van der Waals surface area (Å²) in [4.78, 5) is 11.9. The van der Waals surface area contributed by atoms with Crippen LogP contribution < -0.4 is 9.46 Å². The van der Waals surface area contributed by atoms with Gasteiger partial charge in [0.2, 0.25) is 11.9 Å². The first kappa shape index (κ1) is 25.9. The largest absolute Gasteiger partial charge is 0.456 e. The molecule has 1 unspecified atom stereocenters. The molecule has 0 radical (unpaired) electrons. The summed E-state index contributed by atoms with van der Waals surface area (Å²) in [7, 11) is -4.36. The molecular formula is C25H16ClF3N4O3S2. The normalized spacial score (nSPS) is 12.8. The summed E-state index contributed by atoms with van der Waals surface area (Å²) in [5.41, 5.74) is 1.09. The van der Waals surface area contributed by atoms with Crippen LogP contribution in [0.5, 0.6) is 5.88 Å². The molecule has 0 bridgehead atoms. The van der Waals surface area contributed by atoms with Crippen LogP contribution in [0.1, 0.15) is 11.0 Å². The number of hydrogen-bond donors (Lipinski definition) is 1. The van der Waals surface area contributed by atoms with Crippen LogP contribution in [-0.4, -0.2) is 29.5 Å². The Kier molecular flexibility index (Phi) is 6.95. The highest BCUT2D eigenvalue weighted by Crippen LogP contribution is 2.42. The van der Waals surface area contributed by atoms with Crippen molar-refractivity contribution >= 4 is 49.8 Å². The van der Waals surface area contributed by atoms with Crippen LogP contribution in [0, 0.1) is 0 Å². The highest BCUT2D eigenvalue weighted by Gasteiger charge is 2.45. The zero-order chi connectivity index (χ0) is 26.9. The number of hydrogen-bond acceptors (Lipinski definition) is 7. The number of para-hydroxylation sites is 2. The molecule has 0 fully saturated rings. The Labute approximate surface area is 224 Å². The van der Waals surface area contributed by atoms with Crippen LogP contribution in [0.4, 0.5) is 19.0 Å². The van der Waals surface area contributed by atoms with Gasteiger partial charge in [-0.15, -0.1) is 11.3 Å². The van der Waals surface area contributed by atoms with Crippen LogP contribution in [0.15, 0.2) is 90.0 Å². The number of ether oxygens (including phenoxy) is 1. The predicted octanol–water partition coefficient (Wildman–Crippen LogP) is 6.89. The Morgan fingerprint density at radius 2 is 1.53 bits per heavy atom. The first-order valence-electron chi connectivity index (χ1n) is 10.9. The number of alkyl halides is 3. The number of thiazole rings is 1. The van der Waals surface area contributed by atoms with Crippen molar-refractivity contribution < 1.29 is 26.3 Å². The second-order valence-corrected chi connectivity index (χ2v) is 11.0. The van der Waals surface area contributed by atoms with Crippen LogP contribution in [0.25, 0.3) is 21.6 Å². The minimum Gasteiger partial charge on any atom is -0.456 e. The molecule has 0 saturated heterocycles. The van der Waals surface area contributed by atoms with Crippen molar-refractivity contribution in [2.75, 3.05) is 4.72 Å². The lowest BCUT2D eigenvalue weighted by molar-refractivity contribution is -0.197. The van der Waals surface area contributed by atoms with E-state index < -0.39 is 34.0 Å². The maximum Gasteiger partial charge on any atom is 0.430 e. The Morgan fingerprint density at radius 1 is 0.895 bits per heavy atom. The molecule has 38 heavy (non-hydrogen) atoms. The fourth-order valence-corrected chi connectivity index (χ4v) is 5.99. The number of aromatic nitrogens is 3. The number of sulfonamides is 1. The summed E-state index contributed by atoms with van der Waals surface area (Å²) in [5, 5.41) is 0.283. The Bertz CT molecular complexity index is 1710. The van der Waals surface area contributed by atoms with E-state index in [-0.39, 0.29) is 25.8 Å². The average Bonchev–Trinajstić information content (AvgIpc) is 3.37. The number of nitrogens with zero attached hydrogens (tertiary/aromatic N) is 3. The lowest BCUT2D eigenvalue weighted by atomic mass is 10.2. The molecule has 7 nitrogen and oxygen atoms in total. The molecule has 1 atom stereocenters. The molecule has 5 rings (SSSR count). The molecule has 2 aromatic heterocycles. The minimum atomic E-state index is -4.88. The van der Waals surface area contributed by atoms with E-state index in [1.807, 2.05) is 0 Å². The van der Waals surface area contributed by atoms with Gasteiger partial charge >= 0.3 is 6.18 Å². The van der Waals surface area contributed by atoms with Crippen molar-refractivity contribution in [2.45, 2.75) is 17.2 Å². The predicted molar refractivity (Wildman–Crippen MR) is 139 cm³/mol. The highest BCUT2D eigenvalue weighted by atomic mass is 35.5. The topological polar surface area (TPSA) is 94.1 Å². The fraction of sp³-hybridized carbons (Fsp3) is 0.0800. The standard InChI is InChI=1S/C25H16ClF3N4O3S2/c26-16-10-4-7-13-20(16)38(34,35)33-22-23(32-18-12-6-5-11-17(18)31-22)36-21(25(27,28)29)19-14-30-24(37-19)15-8-2-1-3-9-15/h1-14,21H,(H,31,33). The summed E-state index contributed by atoms with van der Waals surface area (Å²) in [6, 6.07) is 20.6. The van der Waals surface area contributed by atoms with Gasteiger partial charge in [0, 0.05) is 11.8 Å². The van der Waals surface area contributed by atoms with Crippen molar-refractivity contribution in [3.63, 3.8) is 0 Å². The van der Waals surface area contributed by atoms with Crippen molar-refractivity contribution in [1.82, 2.24) is 15.0 Å². The molecule has 0 spiro atoms. The maximum atomic E-state index is 14.3. The number of benzene rings is 3. The lowest BCUT2D eigenvalue weighted by Gasteiger charge is -2.21. The van der Waals surface area contributed by atoms with E-state index in [0.29, 0.717) is 10.6 Å². The van der Waals surface area contributed by atoms with Gasteiger partial charge in [-0.3, -0.25) is 4.72 Å². The second-order valence-electron chi connectivity index (χ2n) is 7.88. The Hall–Kier alpha value is -3.74. The summed E-state index contributed by atoms with van der Waals surface area (Å²) in [6.45, 7) is 0. The summed E-state index contributed by atoms with van der Waals surface area (Å²) in [5.74, 6) is -1.18. The van der Waals surface area contributed by atoms with Gasteiger partial charge in [-0.2, -0.15) is 13.2 Å². The van der Waals surface area contributed by atoms with Crippen LogP contribution in [-0.2, 0) is 10.0 Å². The number of halogens is 4. The van der Waals surface area contributed by atoms with Crippen LogP contribution in [0.3, 0.4) is 0 Å². The molecular weight excluding hydrogens is 561 g/mol. The molecule has 0 saturated carbocycles. The first-order valence-corrected chi connectivity index (χ1v) is 13.6. The smallest absolute Gasteiger partial charge is 0.430 e. The number of anilines is 1. The highest BCUT2D eigenvalue weighted by molar-refractivity contribution is 7.92. The van der Waals surface area contributed by atoms with Gasteiger partial charge in [0.05, 0.1) is 20.9 Å². The zero-order valence-electron chi connectivity index (χ0n) is 19.1. The van der Waals surface area contributed by atoms with E-state index in [2.05, 4.69) is 19.7 Å². The molecule has 0 aliphatic heterocycles. The zero-order valence-corrected chi connectivity index (χ0v) is 21.4. The molecule has 3 aromatic carbocycles. The van der Waals surface area contributed by atoms with E-state index in [9.17, 15) is 21.6 Å². The van der Waals surface area contributed by atoms with Gasteiger partial charge in [0.15, 0.2) is 0 Å². The first-order chi connectivity index (χ1) is 18.1. The van der Waals surface area contributed by atoms with Crippen molar-refractivity contribution in [3.05, 3.63) is 95.0 Å². The van der Waals surface area contributed by atoms with Gasteiger partial charge in [0.25, 0.3) is 15.9 Å². The molecule has 194 valence electrons. The van der Waals surface area contributed by atoms with E-state index in [4.69, 9.17) is 16.3 Å². The minimum absolute atomic E-state index is 0.0810. The maximum absolute atomic E-state index is 14.3. The van der Waals surface area contributed by atoms with Crippen LogP contribution >= 0.6 is 22.9 Å². The SMILES string of the molecule is O=S(=O)(Nc1nc2ccccc2nc1OC(c1cnc(-c2ccccc2)s1)C(F)(F)F)c1ccccc1Cl. The number of nitrogens with one attached hydrogen (secondary N) is 1. The van der Waals surface area contributed by atoms with Crippen molar-refractivity contribution in [2.24, 2.45) is 0 Å². The van der Waals surface area contributed by atoms with E-state index in [1.54, 1.807) is 48.5 Å². The third kappa shape index (κ3) is 5.42. The Morgan fingerprint density at radius 3 is 2.21 bits per heavy atom. The number of fused-ring (bicyclic) bond motifs is 1. The monoisotopic (exact) mass is 576 g/mol. The summed E-state index contributed by atoms with van der Waals surface area (Å²) in [6.07, 6.45) is -6.29. The van der Waals surface area contributed by atoms with Gasteiger partial charge in [0.1, 0.15) is 9.90 Å². The van der Waals surface area contributed by atoms with Gasteiger partial charge < -0.3 is 4.74 Å². The van der Waals surface area contributed by atoms with Gasteiger partial charge in [-0.05, 0) is 24.3 Å². The third-order valence-electron chi connectivity index (χ3n) is 5.23. The lowest BCUT2D eigenvalue weighted by Crippen LogP contribution is -2.26. The molecule has 0 aliphatic carbocycles. The summed E-state index contributed by atoms with van der Waals surface area (Å²) < 4.78 is 76.5. The molecule has 13 heteroatoms. The molecule has 2 heterocycles. The third-order valence-corrected chi connectivity index (χ3v) is 8.15. The van der Waals surface area contributed by atoms with E-state index in [1.165, 1.54) is 30.3 Å². The molecule has 5 aromatic rings. The Balaban J connectivity index is 1.57. The number of rotatable bonds is 7. The van der Waals surface area contributed by atoms with E-state index in [0.717, 1.165) is 17.5 Å². The molecule has 0 amide bonds. The van der Waals surface area contributed by atoms with Crippen LogP contribution in [0.2, 0.25) is 5.02 Å². The summed E-state index contributed by atoms with van der Waals surface area (Å²) >= 11 is 6.85. The molecule has 0 aliphatic rings. The molecule has 1 N–H and O–H groups in total. The van der Waals surface area contributed by atoms with Gasteiger partial charge in [-0.1, -0.05) is 66.2 Å². The van der Waals surface area contributed by atoms with Gasteiger partial charge in [-0.25, -0.2) is 23.4 Å². The fourth-order valence-electron chi connectivity index (χ4n) is 3.50. The average molecular weight is 577 g/mol. The van der Waals surface area contributed by atoms with E-state index >= 15 is 0 Å². The van der Waals surface area contributed by atoms with Crippen molar-refractivity contribution in [3.8, 4) is 16.5 Å².